The molecular formula is C13H27N3O. The molecule has 1 atom stereocenters. The van der Waals surface area contributed by atoms with Gasteiger partial charge in [-0.2, -0.15) is 0 Å². The van der Waals surface area contributed by atoms with Crippen molar-refractivity contribution in [1.82, 2.24) is 9.80 Å². The molecule has 2 N–H and O–H groups in total. The van der Waals surface area contributed by atoms with Crippen molar-refractivity contribution in [2.75, 3.05) is 26.2 Å². The second kappa shape index (κ2) is 5.36. The third-order valence-electron chi connectivity index (χ3n) is 3.54. The fourth-order valence-electron chi connectivity index (χ4n) is 2.09. The van der Waals surface area contributed by atoms with Gasteiger partial charge >= 0.3 is 0 Å². The molecule has 0 aromatic rings. The van der Waals surface area contributed by atoms with E-state index >= 15 is 0 Å². The van der Waals surface area contributed by atoms with Gasteiger partial charge in [0, 0.05) is 31.7 Å². The predicted molar refractivity (Wildman–Crippen MR) is 70.7 cm³/mol. The number of amides is 1. The zero-order valence-corrected chi connectivity index (χ0v) is 11.9. The third kappa shape index (κ3) is 3.68. The van der Waals surface area contributed by atoms with Crippen LogP contribution in [0.4, 0.5) is 0 Å². The van der Waals surface area contributed by atoms with Crippen LogP contribution >= 0.6 is 0 Å². The summed E-state index contributed by atoms with van der Waals surface area (Å²) in [5, 5.41) is 0. The van der Waals surface area contributed by atoms with Gasteiger partial charge in [-0.3, -0.25) is 9.69 Å². The van der Waals surface area contributed by atoms with Gasteiger partial charge in [0.2, 0.25) is 5.91 Å². The van der Waals surface area contributed by atoms with Gasteiger partial charge < -0.3 is 10.6 Å². The average molecular weight is 241 g/mol. The molecule has 0 aromatic heterocycles. The second-order valence-electron chi connectivity index (χ2n) is 6.25. The van der Waals surface area contributed by atoms with E-state index in [-0.39, 0.29) is 23.4 Å². The fourth-order valence-corrected chi connectivity index (χ4v) is 2.09. The summed E-state index contributed by atoms with van der Waals surface area (Å²) >= 11 is 0. The molecule has 0 saturated carbocycles. The van der Waals surface area contributed by atoms with E-state index in [0.29, 0.717) is 0 Å². The van der Waals surface area contributed by atoms with Gasteiger partial charge in [-0.1, -0.05) is 13.8 Å². The summed E-state index contributed by atoms with van der Waals surface area (Å²) in [6, 6.07) is -0.351. The number of carbonyl (C=O) groups is 1. The maximum absolute atomic E-state index is 12.1. The molecule has 4 heteroatoms. The number of carbonyl (C=O) groups excluding carboxylic acids is 1. The van der Waals surface area contributed by atoms with Crippen LogP contribution in [0.25, 0.3) is 0 Å². The molecule has 17 heavy (non-hydrogen) atoms. The summed E-state index contributed by atoms with van der Waals surface area (Å²) in [7, 11) is 0. The second-order valence-corrected chi connectivity index (χ2v) is 6.25. The van der Waals surface area contributed by atoms with Gasteiger partial charge in [0.05, 0.1) is 6.04 Å². The Morgan fingerprint density at radius 2 is 1.59 bits per heavy atom. The monoisotopic (exact) mass is 241 g/mol. The molecule has 1 rings (SSSR count). The number of piperazine rings is 1. The summed E-state index contributed by atoms with van der Waals surface area (Å²) < 4.78 is 0. The summed E-state index contributed by atoms with van der Waals surface area (Å²) in [4.78, 5) is 16.4. The first kappa shape index (κ1) is 14.5. The van der Waals surface area contributed by atoms with E-state index in [1.807, 2.05) is 18.7 Å². The fraction of sp³-hybridized carbons (Fsp3) is 0.923. The number of nitrogens with zero attached hydrogens (tertiary/aromatic N) is 2. The molecule has 1 heterocycles. The molecule has 0 aromatic carbocycles. The van der Waals surface area contributed by atoms with E-state index in [4.69, 9.17) is 5.73 Å². The normalized spacial score (nSPS) is 20.8. The average Bonchev–Trinajstić information content (AvgIpc) is 2.26. The molecule has 1 saturated heterocycles. The SMILES string of the molecule is CC(C)[C@H](N)C(=O)N1CCN(C(C)(C)C)CC1. The highest BCUT2D eigenvalue weighted by atomic mass is 16.2. The van der Waals surface area contributed by atoms with Crippen molar-refractivity contribution in [2.45, 2.75) is 46.2 Å². The van der Waals surface area contributed by atoms with Gasteiger partial charge in [-0.05, 0) is 26.7 Å². The molecule has 4 nitrogen and oxygen atoms in total. The molecular weight excluding hydrogens is 214 g/mol. The Bertz CT molecular complexity index is 262. The highest BCUT2D eigenvalue weighted by Gasteiger charge is 2.30. The maximum Gasteiger partial charge on any atom is 0.239 e. The van der Waals surface area contributed by atoms with E-state index in [0.717, 1.165) is 26.2 Å². The highest BCUT2D eigenvalue weighted by Crippen LogP contribution is 2.16. The molecule has 1 amide bonds. The predicted octanol–water partition coefficient (Wildman–Crippen LogP) is 0.912. The Morgan fingerprint density at radius 1 is 1.12 bits per heavy atom. The Morgan fingerprint density at radius 3 is 1.94 bits per heavy atom. The molecule has 100 valence electrons. The van der Waals surface area contributed by atoms with Gasteiger partial charge in [-0.15, -0.1) is 0 Å². The highest BCUT2D eigenvalue weighted by molar-refractivity contribution is 5.82. The Kier molecular flexibility index (Phi) is 4.55. The number of nitrogens with two attached hydrogens (primary N) is 1. The van der Waals surface area contributed by atoms with Crippen molar-refractivity contribution in [1.29, 1.82) is 0 Å². The molecule has 1 aliphatic rings. The Balaban J connectivity index is 2.50. The van der Waals surface area contributed by atoms with Gasteiger partial charge in [0.15, 0.2) is 0 Å². The maximum atomic E-state index is 12.1. The van der Waals surface area contributed by atoms with Crippen LogP contribution in [0.15, 0.2) is 0 Å². The lowest BCUT2D eigenvalue weighted by atomic mass is 10.0. The minimum atomic E-state index is -0.351. The van der Waals surface area contributed by atoms with Crippen LogP contribution in [0.5, 0.6) is 0 Å². The molecule has 1 fully saturated rings. The van der Waals surface area contributed by atoms with E-state index in [1.165, 1.54) is 0 Å². The van der Waals surface area contributed by atoms with Crippen molar-refractivity contribution in [3.8, 4) is 0 Å². The molecule has 0 spiro atoms. The van der Waals surface area contributed by atoms with E-state index in [1.54, 1.807) is 0 Å². The lowest BCUT2D eigenvalue weighted by Gasteiger charge is -2.43. The largest absolute Gasteiger partial charge is 0.339 e. The minimum Gasteiger partial charge on any atom is -0.339 e. The number of rotatable bonds is 2. The Hall–Kier alpha value is -0.610. The topological polar surface area (TPSA) is 49.6 Å². The first-order chi connectivity index (χ1) is 7.73. The smallest absolute Gasteiger partial charge is 0.239 e. The van der Waals surface area contributed by atoms with Crippen LogP contribution in [0.1, 0.15) is 34.6 Å². The minimum absolute atomic E-state index is 0.105. The van der Waals surface area contributed by atoms with Gasteiger partial charge in [-0.25, -0.2) is 0 Å². The summed E-state index contributed by atoms with van der Waals surface area (Å²) in [6.45, 7) is 14.1. The van der Waals surface area contributed by atoms with Crippen molar-refractivity contribution in [3.63, 3.8) is 0 Å². The first-order valence-electron chi connectivity index (χ1n) is 6.53. The lowest BCUT2D eigenvalue weighted by molar-refractivity contribution is -0.136. The van der Waals surface area contributed by atoms with Crippen molar-refractivity contribution >= 4 is 5.91 Å². The van der Waals surface area contributed by atoms with E-state index in [9.17, 15) is 4.79 Å². The quantitative estimate of drug-likeness (QED) is 0.782. The lowest BCUT2D eigenvalue weighted by Crippen LogP contribution is -2.57. The van der Waals surface area contributed by atoms with Crippen LogP contribution in [0.3, 0.4) is 0 Å². The zero-order valence-electron chi connectivity index (χ0n) is 11.9. The van der Waals surface area contributed by atoms with Crippen LogP contribution in [-0.4, -0.2) is 53.5 Å². The van der Waals surface area contributed by atoms with Crippen LogP contribution in [0, 0.1) is 5.92 Å². The molecule has 0 radical (unpaired) electrons. The summed E-state index contributed by atoms with van der Waals surface area (Å²) in [6.07, 6.45) is 0. The molecule has 1 aliphatic heterocycles. The van der Waals surface area contributed by atoms with Crippen molar-refractivity contribution < 1.29 is 4.79 Å². The standard InChI is InChI=1S/C13H27N3O/c1-10(2)11(14)12(17)15-6-8-16(9-7-15)13(3,4)5/h10-11H,6-9,14H2,1-5H3/t11-/m0/s1. The summed E-state index contributed by atoms with van der Waals surface area (Å²) in [5.74, 6) is 0.316. The third-order valence-corrected chi connectivity index (χ3v) is 3.54. The first-order valence-corrected chi connectivity index (χ1v) is 6.53. The van der Waals surface area contributed by atoms with Crippen LogP contribution < -0.4 is 5.73 Å². The molecule has 0 unspecified atom stereocenters. The zero-order chi connectivity index (χ0) is 13.2. The Labute approximate surface area is 105 Å². The van der Waals surface area contributed by atoms with Gasteiger partial charge in [0.1, 0.15) is 0 Å². The molecule has 0 bridgehead atoms. The van der Waals surface area contributed by atoms with Crippen LogP contribution in [-0.2, 0) is 4.79 Å². The van der Waals surface area contributed by atoms with Crippen LogP contribution in [0.2, 0.25) is 0 Å². The number of hydrogen-bond acceptors (Lipinski definition) is 3. The van der Waals surface area contributed by atoms with Crippen molar-refractivity contribution in [2.24, 2.45) is 11.7 Å². The molecule has 0 aliphatic carbocycles. The number of hydrogen-bond donors (Lipinski definition) is 1. The summed E-state index contributed by atoms with van der Waals surface area (Å²) in [5.41, 5.74) is 6.10. The van der Waals surface area contributed by atoms with Gasteiger partial charge in [0.25, 0.3) is 0 Å². The van der Waals surface area contributed by atoms with Crippen molar-refractivity contribution in [3.05, 3.63) is 0 Å². The van der Waals surface area contributed by atoms with E-state index in [2.05, 4.69) is 25.7 Å². The van der Waals surface area contributed by atoms with E-state index < -0.39 is 0 Å².